The molecular weight excluding hydrogens is 353 g/mol. The van der Waals surface area contributed by atoms with Crippen LogP contribution in [-0.2, 0) is 0 Å². The van der Waals surface area contributed by atoms with E-state index in [1.54, 1.807) is 0 Å². The number of hydrogen-bond donors (Lipinski definition) is 1. The summed E-state index contributed by atoms with van der Waals surface area (Å²) in [6.45, 7) is 4.47. The van der Waals surface area contributed by atoms with E-state index in [4.69, 9.17) is 5.73 Å². The lowest BCUT2D eigenvalue weighted by Crippen LogP contribution is -2.42. The van der Waals surface area contributed by atoms with E-state index in [1.807, 2.05) is 0 Å². The SMILES string of the molecule is C[C@H](N)c1ccc(N(C)C2CCN(C)CC2)cc1/C=C/C1CC1.Cl.Cl. The highest BCUT2D eigenvalue weighted by atomic mass is 35.5. The lowest BCUT2D eigenvalue weighted by atomic mass is 9.98. The average molecular weight is 386 g/mol. The van der Waals surface area contributed by atoms with Crippen LogP contribution in [0, 0.1) is 5.92 Å². The van der Waals surface area contributed by atoms with Gasteiger partial charge in [-0.2, -0.15) is 0 Å². The fraction of sp³-hybridized carbons (Fsp3) is 0.600. The second-order valence-electron chi connectivity index (χ2n) is 7.44. The number of piperidine rings is 1. The van der Waals surface area contributed by atoms with Gasteiger partial charge in [0.25, 0.3) is 0 Å². The molecule has 1 heterocycles. The van der Waals surface area contributed by atoms with Crippen molar-refractivity contribution >= 4 is 36.6 Å². The Hall–Kier alpha value is -0.740. The number of rotatable bonds is 5. The van der Waals surface area contributed by atoms with Crippen LogP contribution in [0.25, 0.3) is 6.08 Å². The molecule has 1 aromatic rings. The van der Waals surface area contributed by atoms with Crippen molar-refractivity contribution < 1.29 is 0 Å². The molecule has 1 aliphatic carbocycles. The van der Waals surface area contributed by atoms with Crippen molar-refractivity contribution in [2.45, 2.75) is 44.7 Å². The molecule has 0 bridgehead atoms. The second-order valence-corrected chi connectivity index (χ2v) is 7.44. The molecule has 0 amide bonds. The maximum atomic E-state index is 6.17. The molecule has 0 radical (unpaired) electrons. The van der Waals surface area contributed by atoms with Crippen LogP contribution in [0.1, 0.15) is 49.8 Å². The maximum Gasteiger partial charge on any atom is 0.0372 e. The Morgan fingerprint density at radius 2 is 1.80 bits per heavy atom. The fourth-order valence-corrected chi connectivity index (χ4v) is 3.46. The highest BCUT2D eigenvalue weighted by Gasteiger charge is 2.22. The molecule has 3 rings (SSSR count). The molecule has 2 N–H and O–H groups in total. The van der Waals surface area contributed by atoms with Crippen molar-refractivity contribution in [1.29, 1.82) is 0 Å². The van der Waals surface area contributed by atoms with E-state index in [0.717, 1.165) is 5.92 Å². The van der Waals surface area contributed by atoms with E-state index in [2.05, 4.69) is 61.2 Å². The summed E-state index contributed by atoms with van der Waals surface area (Å²) in [5.74, 6) is 0.797. The Morgan fingerprint density at radius 1 is 1.16 bits per heavy atom. The van der Waals surface area contributed by atoms with Crippen LogP contribution >= 0.6 is 24.8 Å². The number of benzene rings is 1. The summed E-state index contributed by atoms with van der Waals surface area (Å²) in [7, 11) is 4.46. The third kappa shape index (κ3) is 5.89. The van der Waals surface area contributed by atoms with E-state index in [-0.39, 0.29) is 30.9 Å². The molecule has 142 valence electrons. The zero-order valence-corrected chi connectivity index (χ0v) is 17.3. The van der Waals surface area contributed by atoms with Gasteiger partial charge in [-0.25, -0.2) is 0 Å². The summed E-state index contributed by atoms with van der Waals surface area (Å²) >= 11 is 0. The smallest absolute Gasteiger partial charge is 0.0372 e. The molecule has 3 nitrogen and oxygen atoms in total. The monoisotopic (exact) mass is 385 g/mol. The molecule has 1 saturated heterocycles. The fourth-order valence-electron chi connectivity index (χ4n) is 3.46. The number of likely N-dealkylation sites (tertiary alicyclic amines) is 1. The number of allylic oxidation sites excluding steroid dienone is 1. The van der Waals surface area contributed by atoms with E-state index in [1.165, 1.54) is 55.6 Å². The molecule has 0 unspecified atom stereocenters. The molecule has 5 heteroatoms. The van der Waals surface area contributed by atoms with Gasteiger partial charge in [-0.1, -0.05) is 18.2 Å². The first kappa shape index (κ1) is 22.3. The summed E-state index contributed by atoms with van der Waals surface area (Å²) < 4.78 is 0. The Bertz CT molecular complexity index is 562. The topological polar surface area (TPSA) is 32.5 Å². The lowest BCUT2D eigenvalue weighted by Gasteiger charge is -2.36. The van der Waals surface area contributed by atoms with Crippen LogP contribution in [-0.4, -0.2) is 38.1 Å². The van der Waals surface area contributed by atoms with Gasteiger partial charge < -0.3 is 15.5 Å². The normalized spacial score (nSPS) is 20.0. The zero-order valence-electron chi connectivity index (χ0n) is 15.6. The molecule has 2 aliphatic rings. The first-order chi connectivity index (χ1) is 11.0. The first-order valence-corrected chi connectivity index (χ1v) is 9.03. The molecular formula is C20H33Cl2N3. The summed E-state index contributed by atoms with van der Waals surface area (Å²) in [6.07, 6.45) is 9.84. The van der Waals surface area contributed by atoms with Crippen molar-refractivity contribution in [3.63, 3.8) is 0 Å². The van der Waals surface area contributed by atoms with Crippen molar-refractivity contribution in [2.75, 3.05) is 32.1 Å². The van der Waals surface area contributed by atoms with E-state index >= 15 is 0 Å². The predicted molar refractivity (Wildman–Crippen MR) is 114 cm³/mol. The summed E-state index contributed by atoms with van der Waals surface area (Å²) in [5.41, 5.74) is 10.0. The van der Waals surface area contributed by atoms with Gasteiger partial charge in [0.15, 0.2) is 0 Å². The number of nitrogens with zero attached hydrogens (tertiary/aromatic N) is 2. The van der Waals surface area contributed by atoms with Crippen LogP contribution in [0.15, 0.2) is 24.3 Å². The van der Waals surface area contributed by atoms with Crippen molar-refractivity contribution in [2.24, 2.45) is 11.7 Å². The van der Waals surface area contributed by atoms with Crippen molar-refractivity contribution in [1.82, 2.24) is 4.90 Å². The Balaban J connectivity index is 0.00000156. The summed E-state index contributed by atoms with van der Waals surface area (Å²) in [4.78, 5) is 4.89. The van der Waals surface area contributed by atoms with Crippen molar-refractivity contribution in [3.05, 3.63) is 35.4 Å². The van der Waals surface area contributed by atoms with Gasteiger partial charge in [0.05, 0.1) is 0 Å². The number of hydrogen-bond acceptors (Lipinski definition) is 3. The third-order valence-corrected chi connectivity index (χ3v) is 5.37. The number of halogens is 2. The van der Waals surface area contributed by atoms with Crippen molar-refractivity contribution in [3.8, 4) is 0 Å². The quantitative estimate of drug-likeness (QED) is 0.809. The summed E-state index contributed by atoms with van der Waals surface area (Å²) in [5, 5.41) is 0. The molecule has 1 atom stereocenters. The minimum absolute atomic E-state index is 0. The van der Waals surface area contributed by atoms with Crippen LogP contribution in [0.5, 0.6) is 0 Å². The summed E-state index contributed by atoms with van der Waals surface area (Å²) in [6, 6.07) is 7.52. The van der Waals surface area contributed by atoms with Crippen LogP contribution in [0.3, 0.4) is 0 Å². The van der Waals surface area contributed by atoms with Gasteiger partial charge in [0.1, 0.15) is 0 Å². The molecule has 1 aliphatic heterocycles. The van der Waals surface area contributed by atoms with Gasteiger partial charge >= 0.3 is 0 Å². The van der Waals surface area contributed by atoms with Crippen LogP contribution in [0.2, 0.25) is 0 Å². The van der Waals surface area contributed by atoms with Crippen LogP contribution < -0.4 is 10.6 Å². The number of anilines is 1. The van der Waals surface area contributed by atoms with E-state index < -0.39 is 0 Å². The van der Waals surface area contributed by atoms with Gasteiger partial charge in [-0.05, 0) is 81.9 Å². The van der Waals surface area contributed by atoms with Gasteiger partial charge in [-0.3, -0.25) is 0 Å². The largest absolute Gasteiger partial charge is 0.371 e. The Kier molecular flexibility index (Phi) is 8.76. The molecule has 0 spiro atoms. The first-order valence-electron chi connectivity index (χ1n) is 9.03. The van der Waals surface area contributed by atoms with Crippen LogP contribution in [0.4, 0.5) is 5.69 Å². The minimum Gasteiger partial charge on any atom is -0.371 e. The minimum atomic E-state index is 0. The Morgan fingerprint density at radius 3 is 2.36 bits per heavy atom. The number of nitrogens with two attached hydrogens (primary N) is 1. The Labute approximate surface area is 165 Å². The predicted octanol–water partition coefficient (Wildman–Crippen LogP) is 4.50. The molecule has 0 aromatic heterocycles. The zero-order chi connectivity index (χ0) is 16.4. The van der Waals surface area contributed by atoms with Gasteiger partial charge in [0, 0.05) is 24.8 Å². The average Bonchev–Trinajstić information content (AvgIpc) is 3.37. The van der Waals surface area contributed by atoms with Gasteiger partial charge in [0.2, 0.25) is 0 Å². The molecule has 25 heavy (non-hydrogen) atoms. The molecule has 1 aromatic carbocycles. The molecule has 2 fully saturated rings. The second kappa shape index (κ2) is 9.82. The lowest BCUT2D eigenvalue weighted by molar-refractivity contribution is 0.253. The van der Waals surface area contributed by atoms with E-state index in [0.29, 0.717) is 6.04 Å². The van der Waals surface area contributed by atoms with Gasteiger partial charge in [-0.15, -0.1) is 24.8 Å². The third-order valence-electron chi connectivity index (χ3n) is 5.37. The highest BCUT2D eigenvalue weighted by molar-refractivity contribution is 5.85. The van der Waals surface area contributed by atoms with E-state index in [9.17, 15) is 0 Å². The maximum absolute atomic E-state index is 6.17. The standard InChI is InChI=1S/C20H31N3.2ClH/c1-15(21)20-9-8-19(14-17(20)7-6-16-4-5-16)23(3)18-10-12-22(2)13-11-18;;/h6-9,14-16,18H,4-5,10-13,21H2,1-3H3;2*1H/b7-6+;;/t15-;;/m0../s1. The molecule has 1 saturated carbocycles. The highest BCUT2D eigenvalue weighted by Crippen LogP contribution is 2.32.